The Bertz CT molecular complexity index is 729. The molecule has 1 fully saturated rings. The molecule has 0 radical (unpaired) electrons. The Labute approximate surface area is 165 Å². The Morgan fingerprint density at radius 1 is 1.15 bits per heavy atom. The van der Waals surface area contributed by atoms with Crippen molar-refractivity contribution >= 4 is 18.3 Å². The first-order chi connectivity index (χ1) is 12.7. The van der Waals surface area contributed by atoms with Crippen molar-refractivity contribution in [1.29, 1.82) is 0 Å². The van der Waals surface area contributed by atoms with Crippen molar-refractivity contribution in [2.45, 2.75) is 18.8 Å². The van der Waals surface area contributed by atoms with Crippen LogP contribution >= 0.6 is 12.4 Å². The van der Waals surface area contributed by atoms with E-state index in [-0.39, 0.29) is 24.1 Å². The molecule has 0 bridgehead atoms. The summed E-state index contributed by atoms with van der Waals surface area (Å²) in [6, 6.07) is 16.3. The lowest BCUT2D eigenvalue weighted by molar-refractivity contribution is -0.130. The van der Waals surface area contributed by atoms with E-state index in [0.29, 0.717) is 50.1 Å². The molecule has 27 heavy (non-hydrogen) atoms. The largest absolute Gasteiger partial charge is 0.493 e. The average molecular weight is 393 g/mol. The molecule has 2 N–H and O–H groups in total. The van der Waals surface area contributed by atoms with Crippen molar-refractivity contribution < 1.29 is 13.9 Å². The summed E-state index contributed by atoms with van der Waals surface area (Å²) in [6.45, 7) is 2.40. The number of hydrogen-bond donors (Lipinski definition) is 1. The third-order valence-corrected chi connectivity index (χ3v) is 4.92. The molecule has 0 spiro atoms. The number of benzene rings is 2. The highest BCUT2D eigenvalue weighted by atomic mass is 35.5. The van der Waals surface area contributed by atoms with Crippen molar-refractivity contribution in [3.8, 4) is 5.75 Å². The monoisotopic (exact) mass is 392 g/mol. The van der Waals surface area contributed by atoms with Gasteiger partial charge in [0.05, 0.1) is 6.61 Å². The summed E-state index contributed by atoms with van der Waals surface area (Å²) in [7, 11) is 0. The van der Waals surface area contributed by atoms with Crippen LogP contribution in [0.1, 0.15) is 24.3 Å². The predicted octanol–water partition coefficient (Wildman–Crippen LogP) is 3.61. The maximum Gasteiger partial charge on any atom is 0.222 e. The number of halogens is 2. The van der Waals surface area contributed by atoms with Crippen LogP contribution in [0.5, 0.6) is 5.75 Å². The first-order valence-corrected chi connectivity index (χ1v) is 9.08. The van der Waals surface area contributed by atoms with E-state index in [4.69, 9.17) is 10.5 Å². The maximum absolute atomic E-state index is 13.1. The molecule has 0 aromatic heterocycles. The molecule has 6 heteroatoms. The van der Waals surface area contributed by atoms with Gasteiger partial charge in [-0.1, -0.05) is 36.4 Å². The zero-order valence-corrected chi connectivity index (χ0v) is 16.0. The molecule has 2 aromatic rings. The van der Waals surface area contributed by atoms with E-state index in [1.807, 2.05) is 23.1 Å². The molecule has 1 aliphatic heterocycles. The molecule has 3 rings (SSSR count). The van der Waals surface area contributed by atoms with Gasteiger partial charge in [0.1, 0.15) is 11.6 Å². The van der Waals surface area contributed by atoms with Gasteiger partial charge >= 0.3 is 0 Å². The lowest BCUT2D eigenvalue weighted by Gasteiger charge is -2.17. The highest BCUT2D eigenvalue weighted by Gasteiger charge is 2.34. The van der Waals surface area contributed by atoms with E-state index in [1.165, 1.54) is 17.7 Å². The molecular weight excluding hydrogens is 367 g/mol. The molecule has 146 valence electrons. The van der Waals surface area contributed by atoms with Crippen LogP contribution < -0.4 is 10.5 Å². The number of nitrogens with zero attached hydrogens (tertiary/aromatic N) is 1. The number of nitrogens with two attached hydrogens (primary N) is 1. The van der Waals surface area contributed by atoms with Crippen LogP contribution in [0.4, 0.5) is 4.39 Å². The zero-order valence-electron chi connectivity index (χ0n) is 15.2. The minimum atomic E-state index is -0.324. The Kier molecular flexibility index (Phi) is 8.07. The molecule has 0 saturated carbocycles. The van der Waals surface area contributed by atoms with Gasteiger partial charge in [-0.05, 0) is 36.6 Å². The molecule has 1 amide bonds. The van der Waals surface area contributed by atoms with Crippen LogP contribution in [-0.4, -0.2) is 37.0 Å². The number of ether oxygens (including phenoxy) is 1. The van der Waals surface area contributed by atoms with Gasteiger partial charge < -0.3 is 15.4 Å². The summed E-state index contributed by atoms with van der Waals surface area (Å²) >= 11 is 0. The first-order valence-electron chi connectivity index (χ1n) is 9.08. The van der Waals surface area contributed by atoms with Crippen LogP contribution in [0.25, 0.3) is 0 Å². The van der Waals surface area contributed by atoms with Crippen molar-refractivity contribution in [2.75, 3.05) is 26.2 Å². The van der Waals surface area contributed by atoms with Gasteiger partial charge in [-0.15, -0.1) is 12.4 Å². The number of carbonyl (C=O) groups excluding carboxylic acids is 1. The molecule has 4 nitrogen and oxygen atoms in total. The summed E-state index contributed by atoms with van der Waals surface area (Å²) in [5.41, 5.74) is 7.18. The van der Waals surface area contributed by atoms with Gasteiger partial charge in [-0.25, -0.2) is 4.39 Å². The van der Waals surface area contributed by atoms with Crippen molar-refractivity contribution in [2.24, 2.45) is 11.7 Å². The molecule has 1 heterocycles. The highest BCUT2D eigenvalue weighted by molar-refractivity contribution is 5.85. The summed E-state index contributed by atoms with van der Waals surface area (Å²) < 4.78 is 18.6. The van der Waals surface area contributed by atoms with Crippen LogP contribution in [0.15, 0.2) is 54.6 Å². The van der Waals surface area contributed by atoms with Gasteiger partial charge in [0.25, 0.3) is 0 Å². The Hall–Kier alpha value is -2.11. The number of carbonyl (C=O) groups is 1. The normalized spacial score (nSPS) is 18.8. The van der Waals surface area contributed by atoms with Gasteiger partial charge in [-0.2, -0.15) is 0 Å². The SMILES string of the molecule is Cl.NC[C@@H]1CN(C(=O)CCCOc2cccc(F)c2)C[C@H]1c1ccccc1. The zero-order chi connectivity index (χ0) is 18.4. The second-order valence-corrected chi connectivity index (χ2v) is 6.72. The van der Waals surface area contributed by atoms with Crippen LogP contribution in [-0.2, 0) is 4.79 Å². The molecule has 1 aliphatic rings. The fourth-order valence-electron chi connectivity index (χ4n) is 3.52. The van der Waals surface area contributed by atoms with E-state index in [1.54, 1.807) is 12.1 Å². The van der Waals surface area contributed by atoms with Crippen molar-refractivity contribution in [1.82, 2.24) is 4.90 Å². The molecular formula is C21H26ClFN2O2. The van der Waals surface area contributed by atoms with E-state index >= 15 is 0 Å². The van der Waals surface area contributed by atoms with E-state index in [2.05, 4.69) is 12.1 Å². The fourth-order valence-corrected chi connectivity index (χ4v) is 3.52. The number of rotatable bonds is 7. The third kappa shape index (κ3) is 5.68. The summed E-state index contributed by atoms with van der Waals surface area (Å²) in [6.07, 6.45) is 1.03. The summed E-state index contributed by atoms with van der Waals surface area (Å²) in [4.78, 5) is 14.4. The molecule has 2 aromatic carbocycles. The maximum atomic E-state index is 13.1. The number of likely N-dealkylation sites (tertiary alicyclic amines) is 1. The second-order valence-electron chi connectivity index (χ2n) is 6.72. The highest BCUT2D eigenvalue weighted by Crippen LogP contribution is 2.32. The van der Waals surface area contributed by atoms with E-state index < -0.39 is 0 Å². The second kappa shape index (κ2) is 10.3. The van der Waals surface area contributed by atoms with Crippen molar-refractivity contribution in [3.05, 3.63) is 66.0 Å². The fraction of sp³-hybridized carbons (Fsp3) is 0.381. The Morgan fingerprint density at radius 2 is 1.93 bits per heavy atom. The topological polar surface area (TPSA) is 55.6 Å². The minimum absolute atomic E-state index is 0. The van der Waals surface area contributed by atoms with E-state index in [9.17, 15) is 9.18 Å². The van der Waals surface area contributed by atoms with Gasteiger partial charge in [0.15, 0.2) is 0 Å². The number of amides is 1. The Balaban J connectivity index is 0.00000261. The standard InChI is InChI=1S/C21H25FN2O2.ClH/c22-18-8-4-9-19(12-18)26-11-5-10-21(25)24-14-17(13-23)20(15-24)16-6-2-1-3-7-16;/h1-4,6-9,12,17,20H,5,10-11,13-15,23H2;1H/t17-,20+;/m1./s1. The van der Waals surface area contributed by atoms with Gasteiger partial charge in [0, 0.05) is 31.5 Å². The van der Waals surface area contributed by atoms with E-state index in [0.717, 1.165) is 6.54 Å². The molecule has 0 aliphatic carbocycles. The summed E-state index contributed by atoms with van der Waals surface area (Å²) in [5.74, 6) is 0.893. The van der Waals surface area contributed by atoms with Crippen molar-refractivity contribution in [3.63, 3.8) is 0 Å². The predicted molar refractivity (Wildman–Crippen MR) is 107 cm³/mol. The smallest absolute Gasteiger partial charge is 0.222 e. The average Bonchev–Trinajstić information content (AvgIpc) is 3.10. The molecule has 0 unspecified atom stereocenters. The van der Waals surface area contributed by atoms with Crippen LogP contribution in [0.2, 0.25) is 0 Å². The van der Waals surface area contributed by atoms with Crippen LogP contribution in [0.3, 0.4) is 0 Å². The van der Waals surface area contributed by atoms with Gasteiger partial charge in [0.2, 0.25) is 5.91 Å². The first kappa shape index (κ1) is 21.2. The third-order valence-electron chi connectivity index (χ3n) is 4.92. The Morgan fingerprint density at radius 3 is 2.63 bits per heavy atom. The lowest BCUT2D eigenvalue weighted by atomic mass is 9.89. The molecule has 2 atom stereocenters. The van der Waals surface area contributed by atoms with Gasteiger partial charge in [-0.3, -0.25) is 4.79 Å². The lowest BCUT2D eigenvalue weighted by Crippen LogP contribution is -2.29. The summed E-state index contributed by atoms with van der Waals surface area (Å²) in [5, 5.41) is 0. The minimum Gasteiger partial charge on any atom is -0.493 e. The van der Waals surface area contributed by atoms with Crippen LogP contribution in [0, 0.1) is 11.7 Å². The number of hydrogen-bond acceptors (Lipinski definition) is 3. The molecule has 1 saturated heterocycles. The quantitative estimate of drug-likeness (QED) is 0.732.